The number of nitrogens with zero attached hydrogens (tertiary/aromatic N) is 1. The quantitative estimate of drug-likeness (QED) is 0.675. The molecule has 74 valence electrons. The van der Waals surface area contributed by atoms with E-state index in [-0.39, 0.29) is 0 Å². The molecule has 6 heteroatoms. The van der Waals surface area contributed by atoms with Gasteiger partial charge in [0.1, 0.15) is 0 Å². The molecule has 0 saturated carbocycles. The Bertz CT molecular complexity index is 188. The second kappa shape index (κ2) is 4.42. The zero-order valence-corrected chi connectivity index (χ0v) is 11.3. The maximum atomic E-state index is 8.80. The summed E-state index contributed by atoms with van der Waals surface area (Å²) in [4.78, 5) is 0. The lowest BCUT2D eigenvalue weighted by molar-refractivity contribution is 0.437. The van der Waals surface area contributed by atoms with Gasteiger partial charge in [-0.1, -0.05) is 0 Å². The zero-order chi connectivity index (χ0) is 10.7. The van der Waals surface area contributed by atoms with Crippen LogP contribution in [0.15, 0.2) is 0 Å². The smallest absolute Gasteiger partial charge is 0.442 e. The Morgan fingerprint density at radius 1 is 0.923 bits per heavy atom. The summed E-state index contributed by atoms with van der Waals surface area (Å²) in [6, 6.07) is 0. The van der Waals surface area contributed by atoms with Gasteiger partial charge in [0.25, 0.3) is 0 Å². The predicted molar refractivity (Wildman–Crippen MR) is 60.2 cm³/mol. The van der Waals surface area contributed by atoms with Gasteiger partial charge in [-0.05, 0) is 39.3 Å². The summed E-state index contributed by atoms with van der Waals surface area (Å²) < 4.78 is 11.1. The van der Waals surface area contributed by atoms with Crippen LogP contribution < -0.4 is 0 Å². The van der Waals surface area contributed by atoms with Crippen molar-refractivity contribution in [2.75, 3.05) is 0 Å². The third-order valence-corrected chi connectivity index (χ3v) is 2.87. The van der Waals surface area contributed by atoms with Crippen LogP contribution in [0.3, 0.4) is 0 Å². The fourth-order valence-electron chi connectivity index (χ4n) is 0.719. The third-order valence-electron chi connectivity index (χ3n) is 1.03. The molecule has 3 nitrogen and oxygen atoms in total. The second-order valence-corrected chi connectivity index (χ2v) is 13.8. The number of rotatable bonds is 4. The van der Waals surface area contributed by atoms with Gasteiger partial charge in [-0.15, -0.1) is 0 Å². The molecule has 0 aliphatic heterocycles. The van der Waals surface area contributed by atoms with Crippen molar-refractivity contribution in [3.8, 4) is 5.97 Å². The highest BCUT2D eigenvalue weighted by Gasteiger charge is 2.31. The maximum Gasteiger partial charge on any atom is 0.557 e. The zero-order valence-electron chi connectivity index (χ0n) is 9.34. The van der Waals surface area contributed by atoms with Crippen molar-refractivity contribution in [3.63, 3.8) is 0 Å². The highest BCUT2D eigenvalue weighted by atomic mass is 28.4. The van der Waals surface area contributed by atoms with Crippen LogP contribution in [0.1, 0.15) is 0 Å². The minimum absolute atomic E-state index is 0.668. The van der Waals surface area contributed by atoms with E-state index in [9.17, 15) is 0 Å². The summed E-state index contributed by atoms with van der Waals surface area (Å²) in [6.07, 6.45) is 0. The first-order valence-corrected chi connectivity index (χ1v) is 11.2. The van der Waals surface area contributed by atoms with E-state index >= 15 is 0 Å². The van der Waals surface area contributed by atoms with Gasteiger partial charge in [0, 0.05) is 0 Å². The molecule has 0 amide bonds. The Balaban J connectivity index is 4.16. The Labute approximate surface area is 83.4 Å². The van der Waals surface area contributed by atoms with Crippen LogP contribution in [0.25, 0.3) is 0 Å². The largest absolute Gasteiger partial charge is 0.557 e. The van der Waals surface area contributed by atoms with E-state index in [1.165, 1.54) is 0 Å². The first-order chi connectivity index (χ1) is 5.64. The first kappa shape index (κ1) is 12.9. The summed E-state index contributed by atoms with van der Waals surface area (Å²) >= 11 is 0. The van der Waals surface area contributed by atoms with E-state index in [1.807, 2.05) is 45.3 Å². The van der Waals surface area contributed by atoms with Crippen LogP contribution in [-0.4, -0.2) is 23.8 Å². The maximum absolute atomic E-state index is 8.80. The van der Waals surface area contributed by atoms with Crippen molar-refractivity contribution in [2.24, 2.45) is 0 Å². The summed E-state index contributed by atoms with van der Waals surface area (Å²) in [5.41, 5.74) is 0. The standard InChI is InChI=1S/C7H18BNO2Si2/c1-12(2,3)10-8(7-9)11-13(4,5)6/h1-6H3. The lowest BCUT2D eigenvalue weighted by Gasteiger charge is -2.24. The van der Waals surface area contributed by atoms with Crippen LogP contribution in [0.5, 0.6) is 0 Å². The van der Waals surface area contributed by atoms with Gasteiger partial charge in [-0.3, -0.25) is 0 Å². The average Bonchev–Trinajstić information content (AvgIpc) is 1.79. The van der Waals surface area contributed by atoms with E-state index in [0.717, 1.165) is 0 Å². The highest BCUT2D eigenvalue weighted by Crippen LogP contribution is 2.10. The van der Waals surface area contributed by atoms with Gasteiger partial charge in [0.15, 0.2) is 16.6 Å². The Morgan fingerprint density at radius 3 is 1.38 bits per heavy atom. The minimum Gasteiger partial charge on any atom is -0.442 e. The molecule has 0 atom stereocenters. The van der Waals surface area contributed by atoms with Crippen molar-refractivity contribution in [1.29, 1.82) is 5.26 Å². The molecule has 0 aliphatic carbocycles. The summed E-state index contributed by atoms with van der Waals surface area (Å²) in [5.74, 6) is 2.04. The van der Waals surface area contributed by atoms with Gasteiger partial charge in [-0.25, -0.2) is 5.26 Å². The molecule has 0 N–H and O–H groups in total. The Hall–Kier alpha value is -0.0913. The third kappa shape index (κ3) is 8.24. The van der Waals surface area contributed by atoms with Crippen molar-refractivity contribution in [2.45, 2.75) is 39.3 Å². The van der Waals surface area contributed by atoms with Crippen molar-refractivity contribution < 1.29 is 8.69 Å². The molecule has 0 bridgehead atoms. The van der Waals surface area contributed by atoms with Crippen LogP contribution in [0.4, 0.5) is 0 Å². The Morgan fingerprint density at radius 2 is 1.23 bits per heavy atom. The fraction of sp³-hybridized carbons (Fsp3) is 0.857. The monoisotopic (exact) mass is 215 g/mol. The van der Waals surface area contributed by atoms with Crippen molar-refractivity contribution >= 4 is 23.8 Å². The molecule has 0 radical (unpaired) electrons. The summed E-state index contributed by atoms with van der Waals surface area (Å²) in [6.45, 7) is 12.3. The number of hydrogen-bond donors (Lipinski definition) is 0. The predicted octanol–water partition coefficient (Wildman–Crippen LogP) is 2.24. The van der Waals surface area contributed by atoms with Crippen LogP contribution in [0.2, 0.25) is 39.3 Å². The van der Waals surface area contributed by atoms with E-state index < -0.39 is 23.8 Å². The highest BCUT2D eigenvalue weighted by molar-refractivity contribution is 6.83. The van der Waals surface area contributed by atoms with Crippen molar-refractivity contribution in [3.05, 3.63) is 0 Å². The van der Waals surface area contributed by atoms with E-state index in [0.29, 0.717) is 0 Å². The molecule has 0 saturated heterocycles. The van der Waals surface area contributed by atoms with Gasteiger partial charge in [-0.2, -0.15) is 0 Å². The van der Waals surface area contributed by atoms with E-state index in [1.54, 1.807) is 0 Å². The Kier molecular flexibility index (Phi) is 4.39. The van der Waals surface area contributed by atoms with Crippen LogP contribution in [0, 0.1) is 11.2 Å². The molecule has 0 aromatic carbocycles. The number of hydrogen-bond acceptors (Lipinski definition) is 3. The molecule has 0 heterocycles. The average molecular weight is 215 g/mol. The molecule has 0 fully saturated rings. The molecule has 13 heavy (non-hydrogen) atoms. The van der Waals surface area contributed by atoms with Gasteiger partial charge in [0.05, 0.1) is 5.97 Å². The van der Waals surface area contributed by atoms with E-state index in [4.69, 9.17) is 13.9 Å². The second-order valence-electron chi connectivity index (χ2n) is 4.92. The molecular weight excluding hydrogens is 197 g/mol. The number of nitriles is 1. The van der Waals surface area contributed by atoms with Gasteiger partial charge < -0.3 is 8.69 Å². The molecule has 0 rings (SSSR count). The molecule has 0 unspecified atom stereocenters. The van der Waals surface area contributed by atoms with Crippen LogP contribution >= 0.6 is 0 Å². The molecule has 0 spiro atoms. The SMILES string of the molecule is C[Si](C)(C)OB(C#N)O[Si](C)(C)C. The normalized spacial score (nSPS) is 12.4. The van der Waals surface area contributed by atoms with Gasteiger partial charge in [0.2, 0.25) is 0 Å². The lowest BCUT2D eigenvalue weighted by atomic mass is 9.97. The van der Waals surface area contributed by atoms with Crippen molar-refractivity contribution in [1.82, 2.24) is 0 Å². The lowest BCUT2D eigenvalue weighted by Crippen LogP contribution is -2.42. The topological polar surface area (TPSA) is 42.2 Å². The molecule has 0 aromatic rings. The summed E-state index contributed by atoms with van der Waals surface area (Å²) in [5, 5.41) is 8.80. The fourth-order valence-corrected chi connectivity index (χ4v) is 2.30. The molecule has 0 aliphatic rings. The molecular formula is C7H18BNO2Si2. The summed E-state index contributed by atoms with van der Waals surface area (Å²) in [7, 11) is -4.00. The first-order valence-electron chi connectivity index (χ1n) is 4.39. The minimum atomic E-state index is -1.67. The van der Waals surface area contributed by atoms with E-state index in [2.05, 4.69) is 0 Å². The van der Waals surface area contributed by atoms with Crippen LogP contribution in [-0.2, 0) is 8.69 Å². The molecule has 0 aromatic heterocycles. The van der Waals surface area contributed by atoms with Gasteiger partial charge >= 0.3 is 7.12 Å².